The molecule has 0 unspecified atom stereocenters. The van der Waals surface area contributed by atoms with Crippen LogP contribution in [0.5, 0.6) is 0 Å². The zero-order valence-electron chi connectivity index (χ0n) is 16.2. The molecule has 138 valence electrons. The number of aryl methyl sites for hydroxylation is 1. The molecular formula is C20H29N6+. The number of pyridine rings is 1. The number of fused-ring (bicyclic) bond motifs is 1. The maximum absolute atomic E-state index is 6.54. The number of nitrogen functional groups attached to an aromatic ring is 1. The Balaban J connectivity index is 1.97. The van der Waals surface area contributed by atoms with Gasteiger partial charge in [0.15, 0.2) is 0 Å². The zero-order valence-corrected chi connectivity index (χ0v) is 16.2. The number of rotatable bonds is 7. The van der Waals surface area contributed by atoms with E-state index in [1.807, 2.05) is 18.6 Å². The molecule has 0 saturated heterocycles. The SMILES string of the molecule is CCN(CC)CC[n+]1cnc2c(c(C)c(C)n2Cc2cccnc2)c1N. The topological polar surface area (TPSA) is 63.8 Å². The van der Waals surface area contributed by atoms with Crippen molar-refractivity contribution < 1.29 is 4.57 Å². The minimum Gasteiger partial charge on any atom is -0.318 e. The van der Waals surface area contributed by atoms with Gasteiger partial charge < -0.3 is 15.2 Å². The van der Waals surface area contributed by atoms with Gasteiger partial charge in [-0.3, -0.25) is 4.98 Å². The first-order valence-electron chi connectivity index (χ1n) is 9.31. The van der Waals surface area contributed by atoms with E-state index in [1.54, 1.807) is 6.20 Å². The fraction of sp³-hybridized carbons (Fsp3) is 0.450. The smallest absolute Gasteiger partial charge is 0.232 e. The standard InChI is InChI=1S/C20H28N6/c1-5-24(6-2)10-11-25-14-23-20-18(19(25)21)15(3)16(4)26(20)13-17-8-7-9-22-12-17/h7-9,12,14,21H,5-6,10-11,13H2,1-4H3/p+1. The van der Waals surface area contributed by atoms with Crippen LogP contribution in [0.1, 0.15) is 30.7 Å². The highest BCUT2D eigenvalue weighted by molar-refractivity contribution is 5.89. The molecule has 0 spiro atoms. The van der Waals surface area contributed by atoms with Gasteiger partial charge in [-0.15, -0.1) is 0 Å². The summed E-state index contributed by atoms with van der Waals surface area (Å²) in [6, 6.07) is 4.05. The highest BCUT2D eigenvalue weighted by Gasteiger charge is 2.21. The summed E-state index contributed by atoms with van der Waals surface area (Å²) in [5, 5.41) is 1.06. The molecule has 0 saturated carbocycles. The summed E-state index contributed by atoms with van der Waals surface area (Å²) in [6.07, 6.45) is 5.57. The van der Waals surface area contributed by atoms with E-state index in [1.165, 1.54) is 11.3 Å². The molecule has 0 amide bonds. The predicted octanol–water partition coefficient (Wildman–Crippen LogP) is 2.31. The van der Waals surface area contributed by atoms with Crippen LogP contribution in [0.15, 0.2) is 30.9 Å². The highest BCUT2D eigenvalue weighted by atomic mass is 15.2. The average Bonchev–Trinajstić information content (AvgIpc) is 2.90. The Morgan fingerprint density at radius 3 is 2.65 bits per heavy atom. The lowest BCUT2D eigenvalue weighted by atomic mass is 10.2. The van der Waals surface area contributed by atoms with E-state index >= 15 is 0 Å². The molecule has 26 heavy (non-hydrogen) atoms. The first-order valence-corrected chi connectivity index (χ1v) is 9.31. The molecule has 3 aromatic rings. The molecule has 0 bridgehead atoms. The maximum Gasteiger partial charge on any atom is 0.232 e. The van der Waals surface area contributed by atoms with Crippen molar-refractivity contribution in [2.24, 2.45) is 0 Å². The van der Waals surface area contributed by atoms with Crippen molar-refractivity contribution in [3.8, 4) is 0 Å². The van der Waals surface area contributed by atoms with Gasteiger partial charge in [-0.05, 0) is 44.1 Å². The fourth-order valence-corrected chi connectivity index (χ4v) is 3.45. The van der Waals surface area contributed by atoms with Gasteiger partial charge in [-0.1, -0.05) is 24.9 Å². The number of nitrogens with two attached hydrogens (primary N) is 1. The van der Waals surface area contributed by atoms with Crippen molar-refractivity contribution in [3.05, 3.63) is 47.7 Å². The molecule has 0 aromatic carbocycles. The van der Waals surface area contributed by atoms with Gasteiger partial charge in [0, 0.05) is 24.6 Å². The Hall–Kier alpha value is -2.47. The lowest BCUT2D eigenvalue weighted by Crippen LogP contribution is -2.43. The number of hydrogen-bond acceptors (Lipinski definition) is 4. The summed E-state index contributed by atoms with van der Waals surface area (Å²) in [4.78, 5) is 11.4. The second-order valence-corrected chi connectivity index (χ2v) is 6.71. The summed E-state index contributed by atoms with van der Waals surface area (Å²) in [7, 11) is 0. The Morgan fingerprint density at radius 2 is 2.00 bits per heavy atom. The first-order chi connectivity index (χ1) is 12.6. The quantitative estimate of drug-likeness (QED) is 0.662. The van der Waals surface area contributed by atoms with Crippen molar-refractivity contribution in [3.63, 3.8) is 0 Å². The number of anilines is 1. The van der Waals surface area contributed by atoms with Gasteiger partial charge in [0.25, 0.3) is 0 Å². The van der Waals surface area contributed by atoms with Crippen LogP contribution in [0, 0.1) is 13.8 Å². The van der Waals surface area contributed by atoms with Crippen LogP contribution < -0.4 is 10.3 Å². The third-order valence-electron chi connectivity index (χ3n) is 5.30. The molecule has 3 heterocycles. The monoisotopic (exact) mass is 353 g/mol. The Morgan fingerprint density at radius 1 is 1.23 bits per heavy atom. The van der Waals surface area contributed by atoms with Crippen molar-refractivity contribution in [1.82, 2.24) is 19.4 Å². The van der Waals surface area contributed by atoms with Crippen LogP contribution in [0.4, 0.5) is 5.82 Å². The molecule has 6 nitrogen and oxygen atoms in total. The van der Waals surface area contributed by atoms with E-state index < -0.39 is 0 Å². The van der Waals surface area contributed by atoms with Crippen LogP contribution in [0.3, 0.4) is 0 Å². The van der Waals surface area contributed by atoms with Crippen molar-refractivity contribution in [2.45, 2.75) is 40.8 Å². The van der Waals surface area contributed by atoms with E-state index in [2.05, 4.69) is 52.8 Å². The van der Waals surface area contributed by atoms with Crippen LogP contribution in [0.25, 0.3) is 11.0 Å². The second kappa shape index (κ2) is 7.83. The minimum atomic E-state index is 0.750. The lowest BCUT2D eigenvalue weighted by Gasteiger charge is -2.17. The molecule has 0 atom stereocenters. The van der Waals surface area contributed by atoms with E-state index in [0.717, 1.165) is 55.1 Å². The molecule has 2 N–H and O–H groups in total. The molecule has 0 aliphatic rings. The summed E-state index contributed by atoms with van der Waals surface area (Å²) in [5.74, 6) is 0.799. The summed E-state index contributed by atoms with van der Waals surface area (Å²) >= 11 is 0. The fourth-order valence-electron chi connectivity index (χ4n) is 3.45. The van der Waals surface area contributed by atoms with Gasteiger partial charge in [-0.2, -0.15) is 0 Å². The molecular weight excluding hydrogens is 324 g/mol. The van der Waals surface area contributed by atoms with E-state index in [-0.39, 0.29) is 0 Å². The molecule has 0 fully saturated rings. The average molecular weight is 353 g/mol. The highest BCUT2D eigenvalue weighted by Crippen LogP contribution is 2.27. The molecule has 3 rings (SSSR count). The summed E-state index contributed by atoms with van der Waals surface area (Å²) in [5.41, 5.74) is 11.0. The Bertz CT molecular complexity index is 880. The summed E-state index contributed by atoms with van der Waals surface area (Å²) in [6.45, 7) is 13.3. The van der Waals surface area contributed by atoms with Crippen LogP contribution in [-0.2, 0) is 13.1 Å². The summed E-state index contributed by atoms with van der Waals surface area (Å²) < 4.78 is 4.30. The Kier molecular flexibility index (Phi) is 5.52. The second-order valence-electron chi connectivity index (χ2n) is 6.71. The first kappa shape index (κ1) is 18.3. The molecule has 0 aliphatic heterocycles. The minimum absolute atomic E-state index is 0.750. The number of hydrogen-bond donors (Lipinski definition) is 1. The van der Waals surface area contributed by atoms with Gasteiger partial charge in [0.1, 0.15) is 5.39 Å². The lowest BCUT2D eigenvalue weighted by molar-refractivity contribution is -0.684. The number of nitrogens with zero attached hydrogens (tertiary/aromatic N) is 5. The third-order valence-corrected chi connectivity index (χ3v) is 5.30. The van der Waals surface area contributed by atoms with Gasteiger partial charge in [0.05, 0.1) is 13.1 Å². The normalized spacial score (nSPS) is 11.6. The Labute approximate surface area is 155 Å². The van der Waals surface area contributed by atoms with Gasteiger partial charge >= 0.3 is 0 Å². The van der Waals surface area contributed by atoms with Crippen molar-refractivity contribution >= 4 is 16.9 Å². The largest absolute Gasteiger partial charge is 0.318 e. The molecule has 0 radical (unpaired) electrons. The van der Waals surface area contributed by atoms with Gasteiger partial charge in [0.2, 0.25) is 17.8 Å². The van der Waals surface area contributed by atoms with Crippen molar-refractivity contribution in [1.29, 1.82) is 0 Å². The van der Waals surface area contributed by atoms with E-state index in [0.29, 0.717) is 0 Å². The van der Waals surface area contributed by atoms with E-state index in [9.17, 15) is 0 Å². The van der Waals surface area contributed by atoms with E-state index in [4.69, 9.17) is 10.7 Å². The van der Waals surface area contributed by atoms with Crippen molar-refractivity contribution in [2.75, 3.05) is 25.4 Å². The van der Waals surface area contributed by atoms with Crippen LogP contribution in [0.2, 0.25) is 0 Å². The van der Waals surface area contributed by atoms with Crippen LogP contribution in [-0.4, -0.2) is 39.1 Å². The molecule has 6 heteroatoms. The predicted molar refractivity (Wildman–Crippen MR) is 105 cm³/mol. The number of aromatic nitrogens is 4. The zero-order chi connectivity index (χ0) is 18.7. The van der Waals surface area contributed by atoms with Crippen LogP contribution >= 0.6 is 0 Å². The number of likely N-dealkylation sites (N-methyl/N-ethyl adjacent to an activating group) is 1. The van der Waals surface area contributed by atoms with Gasteiger partial charge in [-0.25, -0.2) is 4.57 Å². The maximum atomic E-state index is 6.54. The molecule has 3 aromatic heterocycles. The third kappa shape index (κ3) is 3.42. The molecule has 0 aliphatic carbocycles.